The molecule has 4 nitrogen and oxygen atoms in total. The van der Waals surface area contributed by atoms with E-state index in [1.807, 2.05) is 0 Å². The number of rotatable bonds is 7. The van der Waals surface area contributed by atoms with Crippen LogP contribution >= 0.6 is 0 Å². The summed E-state index contributed by atoms with van der Waals surface area (Å²) in [7, 11) is 0. The molecule has 0 heterocycles. The molecule has 1 fully saturated rings. The number of hydrogen-bond donors (Lipinski definition) is 3. The zero-order valence-electron chi connectivity index (χ0n) is 9.51. The molecule has 0 unspecified atom stereocenters. The molecule has 0 aromatic heterocycles. The smallest absolute Gasteiger partial charge is 0.233 e. The maximum atomic E-state index is 11.4. The van der Waals surface area contributed by atoms with E-state index in [2.05, 4.69) is 17.6 Å². The van der Waals surface area contributed by atoms with Crippen molar-refractivity contribution in [2.75, 3.05) is 19.7 Å². The highest BCUT2D eigenvalue weighted by atomic mass is 16.3. The lowest BCUT2D eigenvalue weighted by atomic mass is 9.77. The number of carbonyl (C=O) groups excluding carboxylic acids is 1. The molecule has 0 radical (unpaired) electrons. The highest BCUT2D eigenvalue weighted by Gasteiger charge is 2.35. The van der Waals surface area contributed by atoms with Gasteiger partial charge in [-0.05, 0) is 25.7 Å². The van der Waals surface area contributed by atoms with Gasteiger partial charge in [-0.25, -0.2) is 0 Å². The average molecular weight is 214 g/mol. The van der Waals surface area contributed by atoms with Crippen LogP contribution in [0.5, 0.6) is 0 Å². The molecule has 0 aromatic rings. The van der Waals surface area contributed by atoms with E-state index >= 15 is 0 Å². The van der Waals surface area contributed by atoms with Crippen molar-refractivity contribution in [1.82, 2.24) is 10.6 Å². The summed E-state index contributed by atoms with van der Waals surface area (Å²) in [4.78, 5) is 11.4. The van der Waals surface area contributed by atoms with E-state index < -0.39 is 0 Å². The Balaban J connectivity index is 2.10. The van der Waals surface area contributed by atoms with Crippen LogP contribution in [-0.4, -0.2) is 36.2 Å². The molecule has 0 bridgehead atoms. The predicted octanol–water partition coefficient (Wildman–Crippen LogP) is 0.407. The van der Waals surface area contributed by atoms with Gasteiger partial charge in [0.15, 0.2) is 0 Å². The van der Waals surface area contributed by atoms with Crippen molar-refractivity contribution in [2.24, 2.45) is 0 Å². The van der Waals surface area contributed by atoms with Gasteiger partial charge in [0.05, 0.1) is 13.2 Å². The summed E-state index contributed by atoms with van der Waals surface area (Å²) in [5, 5.41) is 15.2. The Morgan fingerprint density at radius 3 is 2.67 bits per heavy atom. The molecule has 15 heavy (non-hydrogen) atoms. The lowest BCUT2D eigenvalue weighted by Gasteiger charge is -2.41. The van der Waals surface area contributed by atoms with Crippen molar-refractivity contribution >= 4 is 5.91 Å². The summed E-state index contributed by atoms with van der Waals surface area (Å²) in [6.45, 7) is 3.31. The molecule has 1 aliphatic carbocycles. The fourth-order valence-electron chi connectivity index (χ4n) is 1.73. The van der Waals surface area contributed by atoms with Gasteiger partial charge in [-0.1, -0.05) is 13.3 Å². The summed E-state index contributed by atoms with van der Waals surface area (Å²) in [6, 6.07) is 0. The predicted molar refractivity (Wildman–Crippen MR) is 59.6 cm³/mol. The molecule has 0 aliphatic heterocycles. The third-order valence-electron chi connectivity index (χ3n) is 3.09. The second kappa shape index (κ2) is 6.08. The van der Waals surface area contributed by atoms with E-state index in [4.69, 9.17) is 5.11 Å². The van der Waals surface area contributed by atoms with E-state index in [9.17, 15) is 4.79 Å². The molecule has 3 N–H and O–H groups in total. The summed E-state index contributed by atoms with van der Waals surface area (Å²) < 4.78 is 0. The van der Waals surface area contributed by atoms with E-state index in [0.717, 1.165) is 38.6 Å². The fraction of sp³-hybridized carbons (Fsp3) is 0.909. The molecule has 0 saturated heterocycles. The molecule has 0 atom stereocenters. The quantitative estimate of drug-likeness (QED) is 0.538. The molecule has 0 aromatic carbocycles. The second-order valence-corrected chi connectivity index (χ2v) is 4.35. The van der Waals surface area contributed by atoms with Crippen LogP contribution in [-0.2, 0) is 4.79 Å². The summed E-state index contributed by atoms with van der Waals surface area (Å²) >= 11 is 0. The topological polar surface area (TPSA) is 61.4 Å². The van der Waals surface area contributed by atoms with Gasteiger partial charge in [0.25, 0.3) is 0 Å². The Hall–Kier alpha value is -0.610. The van der Waals surface area contributed by atoms with Gasteiger partial charge < -0.3 is 15.7 Å². The Bertz CT molecular complexity index is 197. The van der Waals surface area contributed by atoms with Gasteiger partial charge in [0.2, 0.25) is 5.91 Å². The SMILES string of the molecule is CCCCNC(=O)CNC1(CO)CCC1. The fourth-order valence-corrected chi connectivity index (χ4v) is 1.73. The van der Waals surface area contributed by atoms with Crippen LogP contribution in [0.3, 0.4) is 0 Å². The molecule has 1 rings (SSSR count). The number of amides is 1. The van der Waals surface area contributed by atoms with Crippen molar-refractivity contribution in [2.45, 2.75) is 44.6 Å². The molecule has 1 aliphatic rings. The number of aliphatic hydroxyl groups is 1. The molecular weight excluding hydrogens is 192 g/mol. The average Bonchev–Trinajstić information content (AvgIpc) is 2.17. The Morgan fingerprint density at radius 2 is 2.20 bits per heavy atom. The van der Waals surface area contributed by atoms with Crippen LogP contribution in [0, 0.1) is 0 Å². The van der Waals surface area contributed by atoms with E-state index in [1.165, 1.54) is 0 Å². The van der Waals surface area contributed by atoms with Crippen LogP contribution in [0.4, 0.5) is 0 Å². The molecule has 1 saturated carbocycles. The Kier molecular flexibility index (Phi) is 5.05. The maximum absolute atomic E-state index is 11.4. The number of aliphatic hydroxyl groups excluding tert-OH is 1. The Labute approximate surface area is 91.4 Å². The highest BCUT2D eigenvalue weighted by Crippen LogP contribution is 2.30. The van der Waals surface area contributed by atoms with Crippen molar-refractivity contribution < 1.29 is 9.90 Å². The van der Waals surface area contributed by atoms with Gasteiger partial charge >= 0.3 is 0 Å². The van der Waals surface area contributed by atoms with Crippen LogP contribution in [0.15, 0.2) is 0 Å². The van der Waals surface area contributed by atoms with Crippen LogP contribution in [0.25, 0.3) is 0 Å². The first-order valence-electron chi connectivity index (χ1n) is 5.85. The first-order valence-corrected chi connectivity index (χ1v) is 5.85. The van der Waals surface area contributed by atoms with Crippen molar-refractivity contribution in [3.05, 3.63) is 0 Å². The molecule has 0 spiro atoms. The van der Waals surface area contributed by atoms with Crippen molar-refractivity contribution in [3.8, 4) is 0 Å². The molecule has 88 valence electrons. The van der Waals surface area contributed by atoms with Crippen molar-refractivity contribution in [3.63, 3.8) is 0 Å². The van der Waals surface area contributed by atoms with E-state index in [-0.39, 0.29) is 18.1 Å². The normalized spacial score (nSPS) is 18.3. The minimum absolute atomic E-state index is 0.0307. The second-order valence-electron chi connectivity index (χ2n) is 4.35. The molecule has 4 heteroatoms. The monoisotopic (exact) mass is 214 g/mol. The Morgan fingerprint density at radius 1 is 1.47 bits per heavy atom. The highest BCUT2D eigenvalue weighted by molar-refractivity contribution is 5.78. The summed E-state index contributed by atoms with van der Waals surface area (Å²) in [6.07, 6.45) is 5.22. The van der Waals surface area contributed by atoms with E-state index in [1.54, 1.807) is 0 Å². The minimum atomic E-state index is -0.165. The van der Waals surface area contributed by atoms with Gasteiger partial charge in [-0.2, -0.15) is 0 Å². The van der Waals surface area contributed by atoms with Gasteiger partial charge in [0.1, 0.15) is 0 Å². The number of carbonyl (C=O) groups is 1. The lowest BCUT2D eigenvalue weighted by Crippen LogP contribution is -2.56. The van der Waals surface area contributed by atoms with Gasteiger partial charge in [-0.15, -0.1) is 0 Å². The number of hydrogen-bond acceptors (Lipinski definition) is 3. The summed E-state index contributed by atoms with van der Waals surface area (Å²) in [5.74, 6) is 0.0307. The standard InChI is InChI=1S/C11H22N2O2/c1-2-3-7-12-10(15)8-13-11(9-14)5-4-6-11/h13-14H,2-9H2,1H3,(H,12,15). The van der Waals surface area contributed by atoms with E-state index in [0.29, 0.717) is 6.54 Å². The summed E-state index contributed by atoms with van der Waals surface area (Å²) in [5.41, 5.74) is -0.165. The first-order chi connectivity index (χ1) is 7.22. The van der Waals surface area contributed by atoms with Crippen molar-refractivity contribution in [1.29, 1.82) is 0 Å². The molecular formula is C11H22N2O2. The number of nitrogens with one attached hydrogen (secondary N) is 2. The van der Waals surface area contributed by atoms with Gasteiger partial charge in [-0.3, -0.25) is 4.79 Å². The molecule has 1 amide bonds. The third-order valence-corrected chi connectivity index (χ3v) is 3.09. The lowest BCUT2D eigenvalue weighted by molar-refractivity contribution is -0.121. The first kappa shape index (κ1) is 12.5. The van der Waals surface area contributed by atoms with Crippen LogP contribution in [0.2, 0.25) is 0 Å². The zero-order chi connectivity index (χ0) is 11.1. The van der Waals surface area contributed by atoms with Crippen LogP contribution < -0.4 is 10.6 Å². The number of unbranched alkanes of at least 4 members (excludes halogenated alkanes) is 1. The largest absolute Gasteiger partial charge is 0.394 e. The van der Waals surface area contributed by atoms with Crippen LogP contribution in [0.1, 0.15) is 39.0 Å². The van der Waals surface area contributed by atoms with Gasteiger partial charge in [0, 0.05) is 12.1 Å². The maximum Gasteiger partial charge on any atom is 0.233 e. The zero-order valence-corrected chi connectivity index (χ0v) is 9.51. The minimum Gasteiger partial charge on any atom is -0.394 e. The third kappa shape index (κ3) is 3.80.